The summed E-state index contributed by atoms with van der Waals surface area (Å²) < 4.78 is 49.6. The number of aliphatic hydroxyl groups excluding tert-OH is 2. The van der Waals surface area contributed by atoms with Gasteiger partial charge in [-0.25, -0.2) is 13.9 Å². The Hall–Kier alpha value is -2.99. The normalized spacial score (nSPS) is 21.9. The second-order valence-corrected chi connectivity index (χ2v) is 15.9. The van der Waals surface area contributed by atoms with Gasteiger partial charge in [-0.15, -0.1) is 0 Å². The number of aliphatic hydroxyl groups is 2. The number of nitrogens with one attached hydrogen (secondary N) is 2. The molecule has 1 aromatic heterocycles. The van der Waals surface area contributed by atoms with Crippen LogP contribution in [0.5, 0.6) is 0 Å². The Morgan fingerprint density at radius 1 is 1.06 bits per heavy atom. The molecule has 0 radical (unpaired) electrons. The maximum atomic E-state index is 14.0. The summed E-state index contributed by atoms with van der Waals surface area (Å²) in [6.45, 7) is 2.75. The fourth-order valence-electron chi connectivity index (χ4n) is 6.58. The monoisotopic (exact) mass is 777 g/mol. The van der Waals surface area contributed by atoms with Crippen LogP contribution in [-0.2, 0) is 29.7 Å². The van der Waals surface area contributed by atoms with E-state index in [0.717, 1.165) is 38.1 Å². The fourth-order valence-corrected chi connectivity index (χ4v) is 7.43. The highest BCUT2D eigenvalue weighted by molar-refractivity contribution is 7.47. The number of amidine groups is 1. The van der Waals surface area contributed by atoms with Gasteiger partial charge in [0.1, 0.15) is 41.9 Å². The molecule has 1 aromatic carbocycles. The standard InChI is InChI=1S/C39H61FN5O8P/c1-3-4-5-6-7-8-9-10-11-12-13-14-15-16-17-18-32(50-25-30-21-29(24-41)22-31(40)23-30)26-51-54(48,49)52-27-39(2)37(47)35(46)36(53-39)33-19-20-34(45-33)38(43)44-28-42/h19-23,28,32,35-37,45-47H,3-18,25-27H2,1-2H3,(H,48,49)(H3,42,43,44)/t32-,35+,36+,37+,39-/m1/s1. The lowest BCUT2D eigenvalue weighted by Crippen LogP contribution is -2.44. The number of ether oxygens (including phenoxy) is 2. The number of rotatable bonds is 28. The molecule has 0 aliphatic carbocycles. The molecule has 0 spiro atoms. The quantitative estimate of drug-likeness (QED) is 0.0213. The summed E-state index contributed by atoms with van der Waals surface area (Å²) in [6, 6.07) is 9.01. The average Bonchev–Trinajstić information content (AvgIpc) is 3.73. The maximum Gasteiger partial charge on any atom is 0.472 e. The number of H-pyrrole nitrogens is 1. The van der Waals surface area contributed by atoms with Gasteiger partial charge in [0.25, 0.3) is 0 Å². The highest BCUT2D eigenvalue weighted by Crippen LogP contribution is 2.47. The van der Waals surface area contributed by atoms with Crippen molar-refractivity contribution in [3.8, 4) is 6.07 Å². The first-order valence-corrected chi connectivity index (χ1v) is 20.9. The lowest BCUT2D eigenvalue weighted by Gasteiger charge is -2.28. The molecule has 3 rings (SSSR count). The smallest absolute Gasteiger partial charge is 0.387 e. The van der Waals surface area contributed by atoms with E-state index in [1.807, 2.05) is 6.07 Å². The number of aromatic amines is 1. The van der Waals surface area contributed by atoms with E-state index in [9.17, 15) is 29.3 Å². The molecular weight excluding hydrogens is 716 g/mol. The molecule has 1 aliphatic rings. The molecule has 0 bridgehead atoms. The summed E-state index contributed by atoms with van der Waals surface area (Å²) in [6.07, 6.45) is 15.0. The van der Waals surface area contributed by atoms with E-state index >= 15 is 0 Å². The summed E-state index contributed by atoms with van der Waals surface area (Å²) in [5, 5.41) is 37.9. The predicted molar refractivity (Wildman–Crippen MR) is 206 cm³/mol. The number of aliphatic imine (C=N–C) groups is 1. The van der Waals surface area contributed by atoms with E-state index in [0.29, 0.717) is 23.4 Å². The Bertz CT molecular complexity index is 1540. The predicted octanol–water partition coefficient (Wildman–Crippen LogP) is 7.87. The van der Waals surface area contributed by atoms with Gasteiger partial charge < -0.3 is 35.3 Å². The van der Waals surface area contributed by atoms with Crippen molar-refractivity contribution in [3.63, 3.8) is 0 Å². The molecule has 15 heteroatoms. The first-order valence-electron chi connectivity index (χ1n) is 19.4. The topological polar surface area (TPSA) is 216 Å². The zero-order chi connectivity index (χ0) is 39.4. The van der Waals surface area contributed by atoms with Gasteiger partial charge in [0, 0.05) is 5.69 Å². The number of unbranched alkanes of at least 4 members (excludes halogenated alkanes) is 14. The summed E-state index contributed by atoms with van der Waals surface area (Å²) in [4.78, 5) is 17.2. The number of aromatic nitrogens is 1. The molecule has 13 nitrogen and oxygen atoms in total. The van der Waals surface area contributed by atoms with Crippen LogP contribution in [0.3, 0.4) is 0 Å². The number of halogens is 1. The van der Waals surface area contributed by atoms with Crippen molar-refractivity contribution in [1.29, 1.82) is 10.7 Å². The van der Waals surface area contributed by atoms with Crippen molar-refractivity contribution in [3.05, 3.63) is 58.7 Å². The minimum Gasteiger partial charge on any atom is -0.387 e. The molecule has 2 aromatic rings. The van der Waals surface area contributed by atoms with Crippen LogP contribution in [0.2, 0.25) is 0 Å². The molecule has 1 saturated heterocycles. The number of hydrogen-bond donors (Lipinski definition) is 6. The van der Waals surface area contributed by atoms with E-state index in [-0.39, 0.29) is 24.6 Å². The molecular formula is C39H61FN5O8P. The van der Waals surface area contributed by atoms with Crippen LogP contribution in [0, 0.1) is 22.6 Å². The molecule has 7 N–H and O–H groups in total. The Labute approximate surface area is 319 Å². The third kappa shape index (κ3) is 15.6. The van der Waals surface area contributed by atoms with Crippen molar-refractivity contribution < 1.29 is 42.6 Å². The zero-order valence-corrected chi connectivity index (χ0v) is 32.8. The van der Waals surface area contributed by atoms with Crippen molar-refractivity contribution in [2.75, 3.05) is 13.2 Å². The summed E-state index contributed by atoms with van der Waals surface area (Å²) >= 11 is 0. The maximum absolute atomic E-state index is 14.0. The minimum atomic E-state index is -4.70. The third-order valence-electron chi connectivity index (χ3n) is 9.79. The molecule has 1 aliphatic heterocycles. The number of nitriles is 1. The molecule has 0 saturated carbocycles. The van der Waals surface area contributed by atoms with Crippen molar-refractivity contribution in [2.45, 2.75) is 153 Å². The molecule has 1 fully saturated rings. The van der Waals surface area contributed by atoms with Crippen LogP contribution >= 0.6 is 7.82 Å². The van der Waals surface area contributed by atoms with Crippen LogP contribution in [0.15, 0.2) is 35.3 Å². The molecule has 1 unspecified atom stereocenters. The molecule has 0 amide bonds. The summed E-state index contributed by atoms with van der Waals surface area (Å²) in [5.74, 6) is -0.524. The lowest BCUT2D eigenvalue weighted by atomic mass is 9.97. The molecule has 6 atom stereocenters. The summed E-state index contributed by atoms with van der Waals surface area (Å²) in [5.41, 5.74) is 5.57. The Morgan fingerprint density at radius 2 is 1.67 bits per heavy atom. The van der Waals surface area contributed by atoms with Crippen molar-refractivity contribution in [2.24, 2.45) is 10.7 Å². The second-order valence-electron chi connectivity index (χ2n) is 14.4. The molecule has 302 valence electrons. The highest BCUT2D eigenvalue weighted by Gasteiger charge is 2.53. The summed E-state index contributed by atoms with van der Waals surface area (Å²) in [7, 11) is -4.70. The molecule has 54 heavy (non-hydrogen) atoms. The van der Waals surface area contributed by atoms with Crippen LogP contribution < -0.4 is 5.73 Å². The SMILES string of the molecule is CCCCCCCCCCCCCCCCC[C@H](COP(=O)(O)OC[C@@]1(C)O[C@@H](c2ccc(C(N)=NC=N)[nH]2)[C@H](O)[C@@H]1O)OCc1cc(F)cc(C#N)c1. The third-order valence-corrected chi connectivity index (χ3v) is 10.7. The van der Waals surface area contributed by atoms with Gasteiger partial charge in [-0.2, -0.15) is 5.26 Å². The van der Waals surface area contributed by atoms with Crippen LogP contribution in [0.25, 0.3) is 0 Å². The van der Waals surface area contributed by atoms with Gasteiger partial charge in [0.05, 0.1) is 43.3 Å². The van der Waals surface area contributed by atoms with Crippen molar-refractivity contribution in [1.82, 2.24) is 4.98 Å². The van der Waals surface area contributed by atoms with E-state index in [1.165, 1.54) is 89.7 Å². The first kappa shape index (κ1) is 45.4. The number of hydrogen-bond acceptors (Lipinski definition) is 9. The Kier molecular flexibility index (Phi) is 20.0. The lowest BCUT2D eigenvalue weighted by molar-refractivity contribution is -0.100. The van der Waals surface area contributed by atoms with Crippen LogP contribution in [0.1, 0.15) is 145 Å². The fraction of sp³-hybridized carbons (Fsp3) is 0.667. The van der Waals surface area contributed by atoms with E-state index in [2.05, 4.69) is 16.9 Å². The second kappa shape index (κ2) is 23.8. The number of nitrogens with two attached hydrogens (primary N) is 1. The number of benzene rings is 1. The van der Waals surface area contributed by atoms with Gasteiger partial charge in [0.2, 0.25) is 0 Å². The number of phosphoric ester groups is 1. The van der Waals surface area contributed by atoms with Gasteiger partial charge >= 0.3 is 7.82 Å². The van der Waals surface area contributed by atoms with E-state index < -0.39 is 50.3 Å². The zero-order valence-electron chi connectivity index (χ0n) is 31.9. The van der Waals surface area contributed by atoms with E-state index in [1.54, 1.807) is 12.1 Å². The number of phosphoric acid groups is 1. The number of nitrogens with zero attached hydrogens (tertiary/aromatic N) is 2. The Balaban J connectivity index is 1.47. The highest BCUT2D eigenvalue weighted by atomic mass is 31.2. The minimum absolute atomic E-state index is 0.0352. The van der Waals surface area contributed by atoms with Gasteiger partial charge in [-0.1, -0.05) is 103 Å². The van der Waals surface area contributed by atoms with E-state index in [4.69, 9.17) is 29.7 Å². The van der Waals surface area contributed by atoms with Gasteiger partial charge in [-0.05, 0) is 49.2 Å². The van der Waals surface area contributed by atoms with Crippen LogP contribution in [-0.4, -0.2) is 69.4 Å². The largest absolute Gasteiger partial charge is 0.472 e. The first-order chi connectivity index (χ1) is 25.9. The van der Waals surface area contributed by atoms with Gasteiger partial charge in [0.15, 0.2) is 0 Å². The van der Waals surface area contributed by atoms with Crippen LogP contribution in [0.4, 0.5) is 4.39 Å². The molecule has 2 heterocycles. The average molecular weight is 778 g/mol. The van der Waals surface area contributed by atoms with Gasteiger partial charge in [-0.3, -0.25) is 14.5 Å². The van der Waals surface area contributed by atoms with Crippen molar-refractivity contribution >= 4 is 20.0 Å². The Morgan fingerprint density at radius 3 is 2.26 bits per heavy atom.